The molecular formula is C18H33N5O2. The molecule has 142 valence electrons. The number of nitrogens with zero attached hydrogens (tertiary/aromatic N) is 3. The zero-order valence-electron chi connectivity index (χ0n) is 16.0. The summed E-state index contributed by atoms with van der Waals surface area (Å²) in [6, 6.07) is 0.496. The lowest BCUT2D eigenvalue weighted by molar-refractivity contribution is 0.0683. The molecule has 1 fully saturated rings. The number of rotatable bonds is 8. The second kappa shape index (κ2) is 10.4. The van der Waals surface area contributed by atoms with Crippen molar-refractivity contribution in [2.24, 2.45) is 10.9 Å². The maximum Gasteiger partial charge on any atom is 0.246 e. The van der Waals surface area contributed by atoms with Gasteiger partial charge in [0.05, 0.1) is 6.54 Å². The Labute approximate surface area is 151 Å². The van der Waals surface area contributed by atoms with E-state index in [0.717, 1.165) is 11.9 Å². The van der Waals surface area contributed by atoms with Gasteiger partial charge < -0.3 is 19.9 Å². The van der Waals surface area contributed by atoms with Gasteiger partial charge in [-0.15, -0.1) is 0 Å². The summed E-state index contributed by atoms with van der Waals surface area (Å²) in [5, 5.41) is 10.7. The number of ether oxygens (including phenoxy) is 1. The highest BCUT2D eigenvalue weighted by molar-refractivity contribution is 5.79. The molecule has 2 rings (SSSR count). The van der Waals surface area contributed by atoms with E-state index in [0.29, 0.717) is 30.9 Å². The van der Waals surface area contributed by atoms with E-state index in [9.17, 15) is 0 Å². The summed E-state index contributed by atoms with van der Waals surface area (Å²) in [5.41, 5.74) is 0. The van der Waals surface area contributed by atoms with E-state index in [4.69, 9.17) is 9.26 Å². The SMILES string of the molecule is CCCC1CCC(NC(=NC)NCc2nc(C(C)OCC)no2)CC1. The van der Waals surface area contributed by atoms with E-state index in [1.807, 2.05) is 13.8 Å². The Morgan fingerprint density at radius 3 is 2.72 bits per heavy atom. The van der Waals surface area contributed by atoms with Gasteiger partial charge in [0.25, 0.3) is 0 Å². The minimum Gasteiger partial charge on any atom is -0.371 e. The van der Waals surface area contributed by atoms with E-state index in [1.165, 1.54) is 38.5 Å². The molecule has 0 radical (unpaired) electrons. The first-order valence-corrected chi connectivity index (χ1v) is 9.57. The van der Waals surface area contributed by atoms with Crippen LogP contribution < -0.4 is 10.6 Å². The van der Waals surface area contributed by atoms with Crippen LogP contribution in [0, 0.1) is 5.92 Å². The van der Waals surface area contributed by atoms with Crippen LogP contribution in [0.15, 0.2) is 9.52 Å². The Bertz CT molecular complexity index is 523. The second-order valence-electron chi connectivity index (χ2n) is 6.72. The topological polar surface area (TPSA) is 84.6 Å². The van der Waals surface area contributed by atoms with Gasteiger partial charge in [0.2, 0.25) is 5.89 Å². The molecule has 0 aromatic carbocycles. The van der Waals surface area contributed by atoms with Gasteiger partial charge in [-0.1, -0.05) is 24.9 Å². The van der Waals surface area contributed by atoms with Crippen LogP contribution in [-0.2, 0) is 11.3 Å². The first-order chi connectivity index (χ1) is 12.2. The fraction of sp³-hybridized carbons (Fsp3) is 0.833. The van der Waals surface area contributed by atoms with E-state index in [-0.39, 0.29) is 6.10 Å². The fourth-order valence-corrected chi connectivity index (χ4v) is 3.38. The van der Waals surface area contributed by atoms with Crippen LogP contribution in [0.1, 0.15) is 77.1 Å². The lowest BCUT2D eigenvalue weighted by Gasteiger charge is -2.29. The van der Waals surface area contributed by atoms with Crippen LogP contribution in [0.2, 0.25) is 0 Å². The Morgan fingerprint density at radius 1 is 1.32 bits per heavy atom. The van der Waals surface area contributed by atoms with Gasteiger partial charge in [0.15, 0.2) is 11.8 Å². The van der Waals surface area contributed by atoms with Gasteiger partial charge in [-0.2, -0.15) is 4.98 Å². The van der Waals surface area contributed by atoms with Crippen molar-refractivity contribution in [1.29, 1.82) is 0 Å². The van der Waals surface area contributed by atoms with Gasteiger partial charge in [-0.05, 0) is 45.4 Å². The second-order valence-corrected chi connectivity index (χ2v) is 6.72. The predicted molar refractivity (Wildman–Crippen MR) is 98.3 cm³/mol. The van der Waals surface area contributed by atoms with Crippen molar-refractivity contribution in [3.8, 4) is 0 Å². The number of hydrogen-bond acceptors (Lipinski definition) is 5. The lowest BCUT2D eigenvalue weighted by Crippen LogP contribution is -2.44. The molecule has 0 bridgehead atoms. The molecule has 7 heteroatoms. The first-order valence-electron chi connectivity index (χ1n) is 9.57. The molecule has 1 aliphatic rings. The van der Waals surface area contributed by atoms with Gasteiger partial charge in [0.1, 0.15) is 6.10 Å². The van der Waals surface area contributed by atoms with E-state index in [1.54, 1.807) is 7.05 Å². The Hall–Kier alpha value is -1.63. The van der Waals surface area contributed by atoms with Crippen molar-refractivity contribution in [2.45, 2.75) is 78.0 Å². The summed E-state index contributed by atoms with van der Waals surface area (Å²) in [6.45, 7) is 7.22. The maximum atomic E-state index is 5.47. The number of hydrogen-bond donors (Lipinski definition) is 2. The Morgan fingerprint density at radius 2 is 2.08 bits per heavy atom. The van der Waals surface area contributed by atoms with Gasteiger partial charge in [0, 0.05) is 19.7 Å². The third-order valence-electron chi connectivity index (χ3n) is 4.78. The van der Waals surface area contributed by atoms with Gasteiger partial charge >= 0.3 is 0 Å². The summed E-state index contributed by atoms with van der Waals surface area (Å²) in [5.74, 6) is 2.81. The molecule has 1 aliphatic carbocycles. The molecule has 25 heavy (non-hydrogen) atoms. The standard InChI is InChI=1S/C18H33N5O2/c1-5-7-14-8-10-15(11-9-14)21-18(19-4)20-12-16-22-17(23-25-16)13(3)24-6-2/h13-15H,5-12H2,1-4H3,(H2,19,20,21). The van der Waals surface area contributed by atoms with E-state index in [2.05, 4.69) is 32.7 Å². The summed E-state index contributed by atoms with van der Waals surface area (Å²) < 4.78 is 10.7. The average Bonchev–Trinajstić information content (AvgIpc) is 3.09. The van der Waals surface area contributed by atoms with Crippen molar-refractivity contribution in [3.63, 3.8) is 0 Å². The monoisotopic (exact) mass is 351 g/mol. The molecule has 1 saturated carbocycles. The van der Waals surface area contributed by atoms with Crippen molar-refractivity contribution in [3.05, 3.63) is 11.7 Å². The number of nitrogens with one attached hydrogen (secondary N) is 2. The minimum atomic E-state index is -0.154. The fourth-order valence-electron chi connectivity index (χ4n) is 3.38. The smallest absolute Gasteiger partial charge is 0.246 e. The molecule has 1 atom stereocenters. The molecule has 7 nitrogen and oxygen atoms in total. The molecular weight excluding hydrogens is 318 g/mol. The molecule has 0 saturated heterocycles. The zero-order valence-corrected chi connectivity index (χ0v) is 16.0. The van der Waals surface area contributed by atoms with Crippen molar-refractivity contribution in [1.82, 2.24) is 20.8 Å². The highest BCUT2D eigenvalue weighted by atomic mass is 16.5. The molecule has 1 aromatic rings. The van der Waals surface area contributed by atoms with Crippen molar-refractivity contribution in [2.75, 3.05) is 13.7 Å². The molecule has 1 unspecified atom stereocenters. The summed E-state index contributed by atoms with van der Waals surface area (Å²) in [4.78, 5) is 8.67. The van der Waals surface area contributed by atoms with Gasteiger partial charge in [-0.3, -0.25) is 4.99 Å². The number of guanidine groups is 1. The quantitative estimate of drug-likeness (QED) is 0.553. The number of aromatic nitrogens is 2. The maximum absolute atomic E-state index is 5.47. The number of aliphatic imine (C=N–C) groups is 1. The summed E-state index contributed by atoms with van der Waals surface area (Å²) >= 11 is 0. The van der Waals surface area contributed by atoms with Crippen LogP contribution in [0.3, 0.4) is 0 Å². The Kier molecular flexibility index (Phi) is 8.18. The molecule has 1 aromatic heterocycles. The van der Waals surface area contributed by atoms with Crippen molar-refractivity contribution < 1.29 is 9.26 Å². The van der Waals surface area contributed by atoms with Gasteiger partial charge in [-0.25, -0.2) is 0 Å². The Balaban J connectivity index is 1.75. The van der Waals surface area contributed by atoms with E-state index < -0.39 is 0 Å². The van der Waals surface area contributed by atoms with Crippen LogP contribution in [-0.4, -0.2) is 35.8 Å². The minimum absolute atomic E-state index is 0.154. The van der Waals surface area contributed by atoms with Crippen LogP contribution >= 0.6 is 0 Å². The highest BCUT2D eigenvalue weighted by Crippen LogP contribution is 2.27. The van der Waals surface area contributed by atoms with E-state index >= 15 is 0 Å². The van der Waals surface area contributed by atoms with Crippen LogP contribution in [0.4, 0.5) is 0 Å². The lowest BCUT2D eigenvalue weighted by atomic mass is 9.83. The third kappa shape index (κ3) is 6.30. The predicted octanol–water partition coefficient (Wildman–Crippen LogP) is 3.19. The molecule has 0 amide bonds. The van der Waals surface area contributed by atoms with Crippen LogP contribution in [0.5, 0.6) is 0 Å². The first kappa shape index (κ1) is 19.7. The largest absolute Gasteiger partial charge is 0.371 e. The highest BCUT2D eigenvalue weighted by Gasteiger charge is 2.21. The summed E-state index contributed by atoms with van der Waals surface area (Å²) in [6.07, 6.45) is 7.54. The molecule has 0 spiro atoms. The molecule has 1 heterocycles. The molecule has 2 N–H and O–H groups in total. The normalized spacial score (nSPS) is 22.6. The van der Waals surface area contributed by atoms with Crippen molar-refractivity contribution >= 4 is 5.96 Å². The summed E-state index contributed by atoms with van der Waals surface area (Å²) in [7, 11) is 1.79. The zero-order chi connectivity index (χ0) is 18.1. The average molecular weight is 351 g/mol. The van der Waals surface area contributed by atoms with Crippen LogP contribution in [0.25, 0.3) is 0 Å². The third-order valence-corrected chi connectivity index (χ3v) is 4.78. The molecule has 0 aliphatic heterocycles.